The van der Waals surface area contributed by atoms with Crippen molar-refractivity contribution in [3.05, 3.63) is 0 Å². The Hall–Kier alpha value is -0.0800. The van der Waals surface area contributed by atoms with E-state index >= 15 is 0 Å². The third kappa shape index (κ3) is 5.87. The molecule has 0 amide bonds. The number of rotatable bonds is 6. The van der Waals surface area contributed by atoms with Crippen LogP contribution in [-0.4, -0.2) is 37.6 Å². The fourth-order valence-corrected chi connectivity index (χ4v) is 3.03. The molecule has 1 unspecified atom stereocenters. The molecule has 17 heavy (non-hydrogen) atoms. The third-order valence-electron chi connectivity index (χ3n) is 3.54. The number of hydrogen-bond donors (Lipinski definition) is 1. The number of nitrogens with zero attached hydrogens (tertiary/aromatic N) is 1. The highest BCUT2D eigenvalue weighted by atomic mass is 15.1. The van der Waals surface area contributed by atoms with Gasteiger partial charge in [0.15, 0.2) is 0 Å². The summed E-state index contributed by atoms with van der Waals surface area (Å²) in [5, 5.41) is 3.56. The highest BCUT2D eigenvalue weighted by Gasteiger charge is 2.29. The minimum atomic E-state index is 0.488. The van der Waals surface area contributed by atoms with Crippen LogP contribution in [0.15, 0.2) is 0 Å². The lowest BCUT2D eigenvalue weighted by Crippen LogP contribution is -2.47. The summed E-state index contributed by atoms with van der Waals surface area (Å²) in [6.07, 6.45) is 2.72. The lowest BCUT2D eigenvalue weighted by molar-refractivity contribution is 0.113. The van der Waals surface area contributed by atoms with Gasteiger partial charge >= 0.3 is 0 Å². The molecule has 0 spiro atoms. The van der Waals surface area contributed by atoms with E-state index in [1.165, 1.54) is 45.6 Å². The van der Waals surface area contributed by atoms with Gasteiger partial charge in [-0.25, -0.2) is 0 Å². The number of hydrogen-bond acceptors (Lipinski definition) is 2. The Kier molecular flexibility index (Phi) is 5.94. The Balaban J connectivity index is 2.50. The minimum absolute atomic E-state index is 0.488. The molecule has 1 aliphatic heterocycles. The monoisotopic (exact) mass is 240 g/mol. The molecule has 1 aliphatic rings. The zero-order valence-electron chi connectivity index (χ0n) is 12.6. The summed E-state index contributed by atoms with van der Waals surface area (Å²) >= 11 is 0. The fraction of sp³-hybridized carbons (Fsp3) is 1.00. The van der Waals surface area contributed by atoms with E-state index in [0.717, 1.165) is 11.8 Å². The second kappa shape index (κ2) is 6.75. The predicted octanol–water partition coefficient (Wildman–Crippen LogP) is 2.99. The molecule has 1 N–H and O–H groups in total. The van der Waals surface area contributed by atoms with Gasteiger partial charge in [0.25, 0.3) is 0 Å². The van der Waals surface area contributed by atoms with Crippen molar-refractivity contribution >= 4 is 0 Å². The molecule has 102 valence electrons. The maximum Gasteiger partial charge on any atom is 0.00477 e. The van der Waals surface area contributed by atoms with Gasteiger partial charge in [0.1, 0.15) is 0 Å². The van der Waals surface area contributed by atoms with Crippen molar-refractivity contribution < 1.29 is 0 Å². The average Bonchev–Trinajstić information content (AvgIpc) is 2.15. The van der Waals surface area contributed by atoms with Crippen molar-refractivity contribution in [1.82, 2.24) is 10.2 Å². The van der Waals surface area contributed by atoms with Gasteiger partial charge < -0.3 is 10.2 Å². The summed E-state index contributed by atoms with van der Waals surface area (Å²) in [6.45, 7) is 17.9. The van der Waals surface area contributed by atoms with E-state index in [1.807, 2.05) is 0 Å². The highest BCUT2D eigenvalue weighted by molar-refractivity contribution is 4.85. The van der Waals surface area contributed by atoms with Crippen LogP contribution in [0.5, 0.6) is 0 Å². The Morgan fingerprint density at radius 3 is 2.12 bits per heavy atom. The zero-order valence-corrected chi connectivity index (χ0v) is 12.6. The van der Waals surface area contributed by atoms with Crippen LogP contribution in [0.3, 0.4) is 0 Å². The summed E-state index contributed by atoms with van der Waals surface area (Å²) in [4.78, 5) is 2.68. The van der Waals surface area contributed by atoms with Crippen LogP contribution in [0, 0.1) is 17.3 Å². The average molecular weight is 240 g/mol. The van der Waals surface area contributed by atoms with Crippen molar-refractivity contribution in [2.75, 3.05) is 32.7 Å². The molecule has 0 bridgehead atoms. The van der Waals surface area contributed by atoms with Crippen LogP contribution < -0.4 is 5.32 Å². The van der Waals surface area contributed by atoms with Gasteiger partial charge in [-0.05, 0) is 36.6 Å². The standard InChI is InChI=1S/C15H32N2/c1-13(2)9-17(10-14(3)4)12-15(5)7-6-8-16-11-15/h13-14,16H,6-12H2,1-5H3. The van der Waals surface area contributed by atoms with E-state index < -0.39 is 0 Å². The minimum Gasteiger partial charge on any atom is -0.316 e. The van der Waals surface area contributed by atoms with Crippen LogP contribution in [0.1, 0.15) is 47.5 Å². The Morgan fingerprint density at radius 2 is 1.71 bits per heavy atom. The van der Waals surface area contributed by atoms with Crippen LogP contribution >= 0.6 is 0 Å². The second-order valence-corrected chi connectivity index (χ2v) is 7.07. The van der Waals surface area contributed by atoms with Gasteiger partial charge in [0.2, 0.25) is 0 Å². The van der Waals surface area contributed by atoms with E-state index in [1.54, 1.807) is 0 Å². The SMILES string of the molecule is CC(C)CN(CC(C)C)CC1(C)CCCNC1. The number of piperidine rings is 1. The van der Waals surface area contributed by atoms with Crippen LogP contribution in [0.2, 0.25) is 0 Å². The van der Waals surface area contributed by atoms with Gasteiger partial charge in [-0.15, -0.1) is 0 Å². The first kappa shape index (κ1) is 15.0. The van der Waals surface area contributed by atoms with Crippen molar-refractivity contribution in [3.8, 4) is 0 Å². The zero-order chi connectivity index (χ0) is 12.9. The predicted molar refractivity (Wildman–Crippen MR) is 76.3 cm³/mol. The lowest BCUT2D eigenvalue weighted by atomic mass is 9.82. The summed E-state index contributed by atoms with van der Waals surface area (Å²) in [7, 11) is 0. The van der Waals surface area contributed by atoms with Gasteiger partial charge in [-0.1, -0.05) is 34.6 Å². The molecule has 1 atom stereocenters. The van der Waals surface area contributed by atoms with E-state index in [4.69, 9.17) is 0 Å². The normalized spacial score (nSPS) is 26.1. The molecule has 0 aromatic heterocycles. The Bertz CT molecular complexity index is 195. The summed E-state index contributed by atoms with van der Waals surface area (Å²) < 4.78 is 0. The van der Waals surface area contributed by atoms with E-state index in [2.05, 4.69) is 44.8 Å². The molecule has 0 aromatic rings. The van der Waals surface area contributed by atoms with Crippen molar-refractivity contribution in [3.63, 3.8) is 0 Å². The van der Waals surface area contributed by atoms with E-state index in [9.17, 15) is 0 Å². The van der Waals surface area contributed by atoms with Crippen molar-refractivity contribution in [2.24, 2.45) is 17.3 Å². The summed E-state index contributed by atoms with van der Waals surface area (Å²) in [5.41, 5.74) is 0.488. The molecule has 1 rings (SSSR count). The summed E-state index contributed by atoms with van der Waals surface area (Å²) in [5.74, 6) is 1.54. The molecule has 0 radical (unpaired) electrons. The third-order valence-corrected chi connectivity index (χ3v) is 3.54. The second-order valence-electron chi connectivity index (χ2n) is 7.07. The van der Waals surface area contributed by atoms with Gasteiger partial charge in [-0.3, -0.25) is 0 Å². The van der Waals surface area contributed by atoms with E-state index in [0.29, 0.717) is 5.41 Å². The van der Waals surface area contributed by atoms with Crippen LogP contribution in [0.25, 0.3) is 0 Å². The molecule has 2 heteroatoms. The Morgan fingerprint density at radius 1 is 1.12 bits per heavy atom. The van der Waals surface area contributed by atoms with Crippen LogP contribution in [-0.2, 0) is 0 Å². The highest BCUT2D eigenvalue weighted by Crippen LogP contribution is 2.27. The quantitative estimate of drug-likeness (QED) is 0.768. The fourth-order valence-electron chi connectivity index (χ4n) is 3.03. The molecule has 0 saturated carbocycles. The van der Waals surface area contributed by atoms with Gasteiger partial charge in [-0.2, -0.15) is 0 Å². The topological polar surface area (TPSA) is 15.3 Å². The molecule has 0 aromatic carbocycles. The molecule has 2 nitrogen and oxygen atoms in total. The molecule has 1 saturated heterocycles. The first-order valence-electron chi connectivity index (χ1n) is 7.34. The largest absolute Gasteiger partial charge is 0.316 e. The maximum absolute atomic E-state index is 3.56. The van der Waals surface area contributed by atoms with Gasteiger partial charge in [0, 0.05) is 26.2 Å². The molecule has 0 aliphatic carbocycles. The Labute approximate surface area is 108 Å². The van der Waals surface area contributed by atoms with Crippen molar-refractivity contribution in [1.29, 1.82) is 0 Å². The van der Waals surface area contributed by atoms with Crippen molar-refractivity contribution in [2.45, 2.75) is 47.5 Å². The molecule has 1 heterocycles. The smallest absolute Gasteiger partial charge is 0.00477 e. The molecular weight excluding hydrogens is 208 g/mol. The lowest BCUT2D eigenvalue weighted by Gasteiger charge is -2.40. The first-order valence-corrected chi connectivity index (χ1v) is 7.34. The van der Waals surface area contributed by atoms with E-state index in [-0.39, 0.29) is 0 Å². The number of nitrogens with one attached hydrogen (secondary N) is 1. The van der Waals surface area contributed by atoms with Crippen LogP contribution in [0.4, 0.5) is 0 Å². The molecule has 1 fully saturated rings. The molecular formula is C15H32N2. The van der Waals surface area contributed by atoms with Gasteiger partial charge in [0.05, 0.1) is 0 Å². The first-order chi connectivity index (χ1) is 7.91. The summed E-state index contributed by atoms with van der Waals surface area (Å²) in [6, 6.07) is 0. The maximum atomic E-state index is 3.56.